The van der Waals surface area contributed by atoms with E-state index in [1.807, 2.05) is 12.1 Å². The van der Waals surface area contributed by atoms with Crippen LogP contribution in [0.2, 0.25) is 0 Å². The van der Waals surface area contributed by atoms with Gasteiger partial charge >= 0.3 is 0 Å². The summed E-state index contributed by atoms with van der Waals surface area (Å²) in [7, 11) is 1.70. The third kappa shape index (κ3) is 4.87. The van der Waals surface area contributed by atoms with E-state index in [4.69, 9.17) is 16.3 Å². The quantitative estimate of drug-likeness (QED) is 0.742. The molecule has 1 saturated heterocycles. The molecule has 1 aliphatic rings. The zero-order valence-corrected chi connectivity index (χ0v) is 13.1. The maximum absolute atomic E-state index is 5.86. The Kier molecular flexibility index (Phi) is 7.59. The van der Waals surface area contributed by atoms with Gasteiger partial charge in [0.25, 0.3) is 0 Å². The monoisotopic (exact) mass is 303 g/mol. The molecule has 1 heterocycles. The molecule has 0 unspecified atom stereocenters. The first-order valence-electron chi connectivity index (χ1n) is 6.76. The molecular weight excluding hydrogens is 281 g/mol. The highest BCUT2D eigenvalue weighted by Crippen LogP contribution is 2.21. The van der Waals surface area contributed by atoms with Crippen LogP contribution in [0.3, 0.4) is 0 Å². The van der Waals surface area contributed by atoms with Gasteiger partial charge in [0.1, 0.15) is 5.75 Å². The van der Waals surface area contributed by atoms with Gasteiger partial charge in [0.2, 0.25) is 0 Å². The molecule has 108 valence electrons. The smallest absolute Gasteiger partial charge is 0.118 e. The van der Waals surface area contributed by atoms with Gasteiger partial charge in [-0.05, 0) is 49.9 Å². The van der Waals surface area contributed by atoms with Crippen molar-refractivity contribution in [3.63, 3.8) is 0 Å². The summed E-state index contributed by atoms with van der Waals surface area (Å²) in [6, 6.07) is 9.10. The van der Waals surface area contributed by atoms with E-state index >= 15 is 0 Å². The minimum Gasteiger partial charge on any atom is -0.497 e. The molecule has 1 aliphatic heterocycles. The first-order valence-corrected chi connectivity index (χ1v) is 7.30. The van der Waals surface area contributed by atoms with E-state index in [2.05, 4.69) is 17.0 Å². The van der Waals surface area contributed by atoms with Gasteiger partial charge in [0.15, 0.2) is 0 Å². The Labute approximate surface area is 127 Å². The van der Waals surface area contributed by atoms with E-state index in [0.717, 1.165) is 31.0 Å². The Morgan fingerprint density at radius 2 is 2.05 bits per heavy atom. The molecule has 2 rings (SSSR count). The number of methoxy groups -OCH3 is 1. The normalized spacial score (nSPS) is 19.2. The lowest BCUT2D eigenvalue weighted by Crippen LogP contribution is -2.31. The summed E-state index contributed by atoms with van der Waals surface area (Å²) in [6.45, 7) is 2.38. The number of alkyl halides is 1. The number of rotatable bonds is 6. The van der Waals surface area contributed by atoms with Crippen molar-refractivity contribution in [2.45, 2.75) is 31.7 Å². The zero-order chi connectivity index (χ0) is 12.8. The Hall–Kier alpha value is -0.440. The van der Waals surface area contributed by atoms with Crippen LogP contribution in [0.5, 0.6) is 5.75 Å². The average molecular weight is 304 g/mol. The van der Waals surface area contributed by atoms with Crippen LogP contribution in [0.25, 0.3) is 0 Å². The highest BCUT2D eigenvalue weighted by Gasteiger charge is 2.23. The molecule has 4 heteroatoms. The summed E-state index contributed by atoms with van der Waals surface area (Å²) in [5, 5.41) is 0. The Bertz CT molecular complexity index is 356. The molecule has 0 spiro atoms. The number of likely N-dealkylation sites (tertiary alicyclic amines) is 1. The van der Waals surface area contributed by atoms with Crippen molar-refractivity contribution in [2.24, 2.45) is 0 Å². The molecule has 0 saturated carbocycles. The SMILES string of the molecule is COc1ccc(CCN2CCC[C@H]2CCCl)cc1.Cl. The van der Waals surface area contributed by atoms with Gasteiger partial charge in [-0.1, -0.05) is 12.1 Å². The second-order valence-corrected chi connectivity index (χ2v) is 5.29. The van der Waals surface area contributed by atoms with Crippen molar-refractivity contribution in [1.29, 1.82) is 0 Å². The third-order valence-corrected chi connectivity index (χ3v) is 4.01. The van der Waals surface area contributed by atoms with Gasteiger partial charge < -0.3 is 9.64 Å². The number of halogens is 2. The molecule has 19 heavy (non-hydrogen) atoms. The Morgan fingerprint density at radius 1 is 1.32 bits per heavy atom. The van der Waals surface area contributed by atoms with Crippen LogP contribution < -0.4 is 4.74 Å². The van der Waals surface area contributed by atoms with Gasteiger partial charge in [0, 0.05) is 18.5 Å². The standard InChI is InChI=1S/C15H22ClNO.ClH/c1-18-15-6-4-13(5-7-15)9-12-17-11-2-3-14(17)8-10-16;/h4-7,14H,2-3,8-12H2,1H3;1H/t14-;/m0./s1. The molecular formula is C15H23Cl2NO. The van der Waals surface area contributed by atoms with Crippen LogP contribution >= 0.6 is 24.0 Å². The zero-order valence-electron chi connectivity index (χ0n) is 11.5. The Balaban J connectivity index is 0.00000180. The van der Waals surface area contributed by atoms with Crippen molar-refractivity contribution in [3.8, 4) is 5.75 Å². The van der Waals surface area contributed by atoms with E-state index in [0.29, 0.717) is 6.04 Å². The molecule has 0 N–H and O–H groups in total. The van der Waals surface area contributed by atoms with Crippen molar-refractivity contribution in [3.05, 3.63) is 29.8 Å². The average Bonchev–Trinajstić information content (AvgIpc) is 2.85. The molecule has 1 aromatic rings. The van der Waals surface area contributed by atoms with Gasteiger partial charge in [-0.3, -0.25) is 0 Å². The molecule has 1 atom stereocenters. The highest BCUT2D eigenvalue weighted by atomic mass is 35.5. The largest absolute Gasteiger partial charge is 0.497 e. The molecule has 0 aromatic heterocycles. The fourth-order valence-electron chi connectivity index (χ4n) is 2.71. The fraction of sp³-hybridized carbons (Fsp3) is 0.600. The Morgan fingerprint density at radius 3 is 2.68 bits per heavy atom. The van der Waals surface area contributed by atoms with Gasteiger partial charge in [-0.15, -0.1) is 24.0 Å². The minimum atomic E-state index is 0. The second kappa shape index (κ2) is 8.68. The lowest BCUT2D eigenvalue weighted by atomic mass is 10.1. The summed E-state index contributed by atoms with van der Waals surface area (Å²) in [5.41, 5.74) is 1.38. The van der Waals surface area contributed by atoms with Gasteiger partial charge in [-0.2, -0.15) is 0 Å². The van der Waals surface area contributed by atoms with Crippen LogP contribution in [-0.2, 0) is 6.42 Å². The molecule has 0 amide bonds. The predicted molar refractivity (Wildman–Crippen MR) is 83.9 cm³/mol. The predicted octanol–water partition coefficient (Wildman–Crippen LogP) is 3.75. The fourth-order valence-corrected chi connectivity index (χ4v) is 2.96. The lowest BCUT2D eigenvalue weighted by Gasteiger charge is -2.23. The maximum atomic E-state index is 5.86. The molecule has 1 fully saturated rings. The molecule has 1 aromatic carbocycles. The highest BCUT2D eigenvalue weighted by molar-refractivity contribution is 6.17. The van der Waals surface area contributed by atoms with E-state index in [9.17, 15) is 0 Å². The van der Waals surface area contributed by atoms with Crippen LogP contribution in [0.4, 0.5) is 0 Å². The van der Waals surface area contributed by atoms with Gasteiger partial charge in [-0.25, -0.2) is 0 Å². The van der Waals surface area contributed by atoms with E-state index in [-0.39, 0.29) is 12.4 Å². The number of hydrogen-bond donors (Lipinski definition) is 0. The van der Waals surface area contributed by atoms with Crippen LogP contribution in [0, 0.1) is 0 Å². The van der Waals surface area contributed by atoms with Gasteiger partial charge in [0.05, 0.1) is 7.11 Å². The maximum Gasteiger partial charge on any atom is 0.118 e. The van der Waals surface area contributed by atoms with Crippen LogP contribution in [-0.4, -0.2) is 37.0 Å². The molecule has 0 bridgehead atoms. The molecule has 0 aliphatic carbocycles. The number of benzene rings is 1. The van der Waals surface area contributed by atoms with Crippen molar-refractivity contribution < 1.29 is 4.74 Å². The topological polar surface area (TPSA) is 12.5 Å². The lowest BCUT2D eigenvalue weighted by molar-refractivity contribution is 0.252. The van der Waals surface area contributed by atoms with Crippen LogP contribution in [0.15, 0.2) is 24.3 Å². The van der Waals surface area contributed by atoms with E-state index in [1.165, 1.54) is 24.9 Å². The van der Waals surface area contributed by atoms with E-state index in [1.54, 1.807) is 7.11 Å². The summed E-state index contributed by atoms with van der Waals surface area (Å²) in [4.78, 5) is 2.59. The van der Waals surface area contributed by atoms with Crippen molar-refractivity contribution in [1.82, 2.24) is 4.90 Å². The van der Waals surface area contributed by atoms with E-state index < -0.39 is 0 Å². The van der Waals surface area contributed by atoms with Crippen molar-refractivity contribution in [2.75, 3.05) is 26.1 Å². The second-order valence-electron chi connectivity index (χ2n) is 4.91. The number of hydrogen-bond acceptors (Lipinski definition) is 2. The molecule has 0 radical (unpaired) electrons. The summed E-state index contributed by atoms with van der Waals surface area (Å²) in [6.07, 6.45) is 4.88. The first-order chi connectivity index (χ1) is 8.83. The summed E-state index contributed by atoms with van der Waals surface area (Å²) >= 11 is 5.86. The number of ether oxygens (including phenoxy) is 1. The third-order valence-electron chi connectivity index (χ3n) is 3.79. The van der Waals surface area contributed by atoms with Crippen LogP contribution in [0.1, 0.15) is 24.8 Å². The van der Waals surface area contributed by atoms with Crippen molar-refractivity contribution >= 4 is 24.0 Å². The summed E-state index contributed by atoms with van der Waals surface area (Å²) in [5.74, 6) is 1.71. The first kappa shape index (κ1) is 16.6. The minimum absolute atomic E-state index is 0. The summed E-state index contributed by atoms with van der Waals surface area (Å²) < 4.78 is 5.17. The molecule has 2 nitrogen and oxygen atoms in total. The number of nitrogens with zero attached hydrogens (tertiary/aromatic N) is 1.